The van der Waals surface area contributed by atoms with Crippen molar-refractivity contribution >= 4 is 21.6 Å². The van der Waals surface area contributed by atoms with E-state index in [0.29, 0.717) is 12.3 Å². The van der Waals surface area contributed by atoms with E-state index in [1.54, 1.807) is 11.8 Å². The fourth-order valence-electron chi connectivity index (χ4n) is 2.32. The lowest BCUT2D eigenvalue weighted by Crippen LogP contribution is -2.46. The average molecular weight is 329 g/mol. The second-order valence-corrected chi connectivity index (χ2v) is 8.62. The van der Waals surface area contributed by atoms with Crippen molar-refractivity contribution in [3.05, 3.63) is 29.6 Å². The number of aromatic nitrogens is 1. The molecule has 0 aliphatic carbocycles. The normalized spacial score (nSPS) is 20.6. The summed E-state index contributed by atoms with van der Waals surface area (Å²) >= 11 is 1.71. The van der Waals surface area contributed by atoms with Gasteiger partial charge in [-0.2, -0.15) is 11.8 Å². The van der Waals surface area contributed by atoms with Gasteiger partial charge in [0.05, 0.1) is 5.69 Å². The highest BCUT2D eigenvalue weighted by Crippen LogP contribution is 2.21. The lowest BCUT2D eigenvalue weighted by molar-refractivity contribution is 0.259. The molecule has 1 atom stereocenters. The van der Waals surface area contributed by atoms with Crippen LogP contribution < -0.4 is 5.32 Å². The summed E-state index contributed by atoms with van der Waals surface area (Å²) in [7, 11) is -3.05. The van der Waals surface area contributed by atoms with E-state index in [-0.39, 0.29) is 5.37 Å². The van der Waals surface area contributed by atoms with E-state index in [9.17, 15) is 8.42 Å². The van der Waals surface area contributed by atoms with Crippen molar-refractivity contribution in [3.63, 3.8) is 0 Å². The molecule has 0 spiro atoms. The van der Waals surface area contributed by atoms with Gasteiger partial charge in [0, 0.05) is 43.6 Å². The van der Waals surface area contributed by atoms with Crippen molar-refractivity contribution in [1.29, 1.82) is 0 Å². The SMILES string of the molecule is CCNCc1ccc(CN2CCSCC2S(C)(=O)=O)nc1. The lowest BCUT2D eigenvalue weighted by Gasteiger charge is -2.33. The summed E-state index contributed by atoms with van der Waals surface area (Å²) in [6.45, 7) is 5.21. The Morgan fingerprint density at radius 2 is 2.29 bits per heavy atom. The average Bonchev–Trinajstić information content (AvgIpc) is 2.46. The van der Waals surface area contributed by atoms with E-state index < -0.39 is 9.84 Å². The van der Waals surface area contributed by atoms with E-state index in [4.69, 9.17) is 0 Å². The molecule has 1 aromatic heterocycles. The van der Waals surface area contributed by atoms with Crippen LogP contribution >= 0.6 is 11.8 Å². The number of rotatable bonds is 6. The molecule has 0 aromatic carbocycles. The first-order valence-electron chi connectivity index (χ1n) is 7.16. The monoisotopic (exact) mass is 329 g/mol. The minimum absolute atomic E-state index is 0.389. The molecule has 5 nitrogen and oxygen atoms in total. The Kier molecular flexibility index (Phi) is 6.04. The van der Waals surface area contributed by atoms with Gasteiger partial charge in [0.15, 0.2) is 9.84 Å². The van der Waals surface area contributed by atoms with Crippen molar-refractivity contribution in [3.8, 4) is 0 Å². The zero-order chi connectivity index (χ0) is 15.3. The zero-order valence-corrected chi connectivity index (χ0v) is 14.2. The van der Waals surface area contributed by atoms with Crippen LogP contribution in [0.15, 0.2) is 18.3 Å². The molecule has 1 aromatic rings. The minimum Gasteiger partial charge on any atom is -0.313 e. The summed E-state index contributed by atoms with van der Waals surface area (Å²) in [4.78, 5) is 6.48. The summed E-state index contributed by atoms with van der Waals surface area (Å²) in [6, 6.07) is 4.05. The summed E-state index contributed by atoms with van der Waals surface area (Å²) in [5.74, 6) is 1.63. The Morgan fingerprint density at radius 1 is 1.48 bits per heavy atom. The van der Waals surface area contributed by atoms with Gasteiger partial charge in [0.2, 0.25) is 0 Å². The highest BCUT2D eigenvalue weighted by molar-refractivity contribution is 8.00. The molecular formula is C14H23N3O2S2. The molecule has 2 rings (SSSR count). The summed E-state index contributed by atoms with van der Waals surface area (Å²) in [5, 5.41) is 2.87. The molecule has 1 fully saturated rings. The fourth-order valence-corrected chi connectivity index (χ4v) is 5.26. The maximum atomic E-state index is 11.9. The second-order valence-electron chi connectivity index (χ2n) is 5.27. The van der Waals surface area contributed by atoms with Crippen LogP contribution in [0.5, 0.6) is 0 Å². The number of nitrogens with one attached hydrogen (secondary N) is 1. The quantitative estimate of drug-likeness (QED) is 0.844. The number of nitrogens with zero attached hydrogens (tertiary/aromatic N) is 2. The third kappa shape index (κ3) is 4.95. The molecule has 1 saturated heterocycles. The predicted molar refractivity (Wildman–Crippen MR) is 88.0 cm³/mol. The molecule has 1 unspecified atom stereocenters. The Hall–Kier alpha value is -0.630. The van der Waals surface area contributed by atoms with Gasteiger partial charge in [-0.25, -0.2) is 8.42 Å². The first kappa shape index (κ1) is 16.7. The minimum atomic E-state index is -3.05. The van der Waals surface area contributed by atoms with E-state index in [2.05, 4.69) is 23.3 Å². The van der Waals surface area contributed by atoms with Crippen LogP contribution in [0, 0.1) is 0 Å². The van der Waals surface area contributed by atoms with E-state index in [0.717, 1.165) is 36.6 Å². The van der Waals surface area contributed by atoms with Crippen LogP contribution in [0.3, 0.4) is 0 Å². The van der Waals surface area contributed by atoms with E-state index >= 15 is 0 Å². The molecule has 0 saturated carbocycles. The molecular weight excluding hydrogens is 306 g/mol. The smallest absolute Gasteiger partial charge is 0.164 e. The first-order valence-corrected chi connectivity index (χ1v) is 10.3. The standard InChI is InChI=1S/C14H23N3O2S2/c1-3-15-8-12-4-5-13(16-9-12)10-17-6-7-20-11-14(17)21(2,18)19/h4-5,9,14-15H,3,6-8,10-11H2,1-2H3. The number of sulfone groups is 1. The zero-order valence-electron chi connectivity index (χ0n) is 12.6. The van der Waals surface area contributed by atoms with Gasteiger partial charge < -0.3 is 5.32 Å². The van der Waals surface area contributed by atoms with Crippen molar-refractivity contribution in [2.45, 2.75) is 25.4 Å². The van der Waals surface area contributed by atoms with Gasteiger partial charge in [0.25, 0.3) is 0 Å². The summed E-state index contributed by atoms with van der Waals surface area (Å²) in [6.07, 6.45) is 3.19. The van der Waals surface area contributed by atoms with Gasteiger partial charge in [-0.1, -0.05) is 13.0 Å². The van der Waals surface area contributed by atoms with E-state index in [1.165, 1.54) is 6.26 Å². The number of thioether (sulfide) groups is 1. The predicted octanol–water partition coefficient (Wildman–Crippen LogP) is 1.11. The van der Waals surface area contributed by atoms with Crippen LogP contribution in [-0.2, 0) is 22.9 Å². The number of hydrogen-bond acceptors (Lipinski definition) is 6. The molecule has 2 heterocycles. The van der Waals surface area contributed by atoms with Crippen molar-refractivity contribution in [2.24, 2.45) is 0 Å². The molecule has 118 valence electrons. The molecule has 0 radical (unpaired) electrons. The molecule has 7 heteroatoms. The highest BCUT2D eigenvalue weighted by atomic mass is 32.2. The van der Waals surface area contributed by atoms with Crippen molar-refractivity contribution in [2.75, 3.05) is 30.9 Å². The molecule has 1 aliphatic rings. The van der Waals surface area contributed by atoms with Crippen molar-refractivity contribution in [1.82, 2.24) is 15.2 Å². The Balaban J connectivity index is 2.02. The number of hydrogen-bond donors (Lipinski definition) is 1. The van der Waals surface area contributed by atoms with Crippen LogP contribution in [0.1, 0.15) is 18.2 Å². The molecule has 0 amide bonds. The number of pyridine rings is 1. The third-order valence-electron chi connectivity index (χ3n) is 3.51. The Bertz CT molecular complexity index is 546. The Labute approximate surface area is 131 Å². The third-order valence-corrected chi connectivity index (χ3v) is 6.20. The molecule has 0 bridgehead atoms. The summed E-state index contributed by atoms with van der Waals surface area (Å²) < 4.78 is 23.8. The van der Waals surface area contributed by atoms with Crippen molar-refractivity contribution < 1.29 is 8.42 Å². The highest BCUT2D eigenvalue weighted by Gasteiger charge is 2.30. The maximum Gasteiger partial charge on any atom is 0.164 e. The second kappa shape index (κ2) is 7.58. The van der Waals surface area contributed by atoms with Gasteiger partial charge in [-0.15, -0.1) is 0 Å². The van der Waals surface area contributed by atoms with Gasteiger partial charge in [-0.3, -0.25) is 9.88 Å². The van der Waals surface area contributed by atoms with Crippen LogP contribution in [0.4, 0.5) is 0 Å². The van der Waals surface area contributed by atoms with E-state index in [1.807, 2.05) is 17.2 Å². The van der Waals surface area contributed by atoms with Crippen LogP contribution in [0.25, 0.3) is 0 Å². The lowest BCUT2D eigenvalue weighted by atomic mass is 10.2. The van der Waals surface area contributed by atoms with Gasteiger partial charge in [-0.05, 0) is 18.2 Å². The Morgan fingerprint density at radius 3 is 2.90 bits per heavy atom. The van der Waals surface area contributed by atoms with Gasteiger partial charge >= 0.3 is 0 Å². The molecule has 1 N–H and O–H groups in total. The fraction of sp³-hybridized carbons (Fsp3) is 0.643. The van der Waals surface area contributed by atoms with Gasteiger partial charge in [0.1, 0.15) is 5.37 Å². The topological polar surface area (TPSA) is 62.3 Å². The molecule has 1 aliphatic heterocycles. The first-order chi connectivity index (χ1) is 10.0. The van der Waals surface area contributed by atoms with Crippen LogP contribution in [0.2, 0.25) is 0 Å². The van der Waals surface area contributed by atoms with Crippen LogP contribution in [-0.4, -0.2) is 54.5 Å². The maximum absolute atomic E-state index is 11.9. The largest absolute Gasteiger partial charge is 0.313 e. The molecule has 21 heavy (non-hydrogen) atoms. The summed E-state index contributed by atoms with van der Waals surface area (Å²) in [5.41, 5.74) is 2.07.